The predicted octanol–water partition coefficient (Wildman–Crippen LogP) is 3.99. The van der Waals surface area contributed by atoms with Crippen molar-refractivity contribution in [2.24, 2.45) is 0 Å². The summed E-state index contributed by atoms with van der Waals surface area (Å²) in [5, 5.41) is 2.97. The van der Waals surface area contributed by atoms with Crippen LogP contribution in [0.5, 0.6) is 0 Å². The van der Waals surface area contributed by atoms with Gasteiger partial charge >= 0.3 is 0 Å². The van der Waals surface area contributed by atoms with Crippen LogP contribution in [-0.4, -0.2) is 43.8 Å². The van der Waals surface area contributed by atoms with Crippen LogP contribution in [0.25, 0.3) is 11.4 Å². The molecule has 4 rings (SSSR count). The van der Waals surface area contributed by atoms with Gasteiger partial charge in [-0.1, -0.05) is 11.6 Å². The Morgan fingerprint density at radius 1 is 1.19 bits per heavy atom. The number of benzene rings is 1. The molecule has 0 aliphatic carbocycles. The number of ether oxygens (including phenoxy) is 1. The number of aryl methyl sites for hydroxylation is 1. The van der Waals surface area contributed by atoms with Crippen LogP contribution in [0, 0.1) is 6.92 Å². The highest BCUT2D eigenvalue weighted by Gasteiger charge is 2.41. The minimum absolute atomic E-state index is 0.0115. The fourth-order valence-corrected chi connectivity index (χ4v) is 4.78. The van der Waals surface area contributed by atoms with Crippen LogP contribution in [0.3, 0.4) is 0 Å². The third-order valence-corrected chi connectivity index (χ3v) is 6.55. The Labute approximate surface area is 192 Å². The summed E-state index contributed by atoms with van der Waals surface area (Å²) in [5.41, 5.74) is 0.0367. The van der Waals surface area contributed by atoms with Gasteiger partial charge in [0.2, 0.25) is 10.0 Å². The van der Waals surface area contributed by atoms with E-state index in [9.17, 15) is 17.6 Å². The molecule has 3 heterocycles. The van der Waals surface area contributed by atoms with Crippen molar-refractivity contribution >= 4 is 50.2 Å². The van der Waals surface area contributed by atoms with Crippen LogP contribution in [0.1, 0.15) is 20.1 Å². The molecule has 1 amide bonds. The van der Waals surface area contributed by atoms with Crippen molar-refractivity contribution in [3.8, 4) is 11.4 Å². The number of alkyl halides is 1. The molecule has 8 nitrogen and oxygen atoms in total. The molecule has 2 N–H and O–H groups in total. The number of sulfonamides is 1. The van der Waals surface area contributed by atoms with E-state index in [0.717, 1.165) is 11.1 Å². The van der Waals surface area contributed by atoms with Crippen molar-refractivity contribution in [1.29, 1.82) is 0 Å². The van der Waals surface area contributed by atoms with Gasteiger partial charge in [-0.05, 0) is 31.2 Å². The number of carbonyl (C=O) groups excluding carboxylic acids is 1. The molecule has 0 spiro atoms. The monoisotopic (exact) mass is 496 g/mol. The fraction of sp³-hybridized carbons (Fsp3) is 0.250. The number of nitrogens with zero attached hydrogens (tertiary/aromatic N) is 2. The van der Waals surface area contributed by atoms with E-state index in [-0.39, 0.29) is 23.9 Å². The van der Waals surface area contributed by atoms with Gasteiger partial charge in [-0.3, -0.25) is 9.52 Å². The molecule has 2 aromatic heterocycles. The number of nitrogens with one attached hydrogen (secondary N) is 2. The summed E-state index contributed by atoms with van der Waals surface area (Å²) in [6.45, 7) is 1.81. The average Bonchev–Trinajstić information content (AvgIpc) is 3.06. The van der Waals surface area contributed by atoms with Crippen molar-refractivity contribution in [3.63, 3.8) is 0 Å². The van der Waals surface area contributed by atoms with E-state index in [2.05, 4.69) is 20.0 Å². The number of thiophene rings is 1. The average molecular weight is 497 g/mol. The minimum Gasteiger partial charge on any atom is -0.374 e. The molecule has 0 radical (unpaired) electrons. The van der Waals surface area contributed by atoms with Crippen LogP contribution in [0.2, 0.25) is 5.02 Å². The summed E-state index contributed by atoms with van der Waals surface area (Å²) < 4.78 is 44.6. The van der Waals surface area contributed by atoms with Crippen LogP contribution in [0.4, 0.5) is 15.8 Å². The van der Waals surface area contributed by atoms with Crippen LogP contribution in [-0.2, 0) is 20.4 Å². The summed E-state index contributed by atoms with van der Waals surface area (Å²) in [6.07, 6.45) is 3.89. The highest BCUT2D eigenvalue weighted by Crippen LogP contribution is 2.34. The summed E-state index contributed by atoms with van der Waals surface area (Å²) in [7, 11) is -3.50. The number of hydrogen-bond donors (Lipinski definition) is 2. The first-order chi connectivity index (χ1) is 15.0. The maximum atomic E-state index is 14.4. The highest BCUT2D eigenvalue weighted by molar-refractivity contribution is 7.92. The number of halogens is 2. The molecule has 0 atom stereocenters. The molecule has 1 aliphatic rings. The maximum absolute atomic E-state index is 14.4. The first-order valence-corrected chi connectivity index (χ1v) is 12.4. The van der Waals surface area contributed by atoms with Gasteiger partial charge in [0, 0.05) is 39.1 Å². The van der Waals surface area contributed by atoms with E-state index in [1.807, 2.05) is 6.92 Å². The number of hydrogen-bond acceptors (Lipinski definition) is 7. The lowest BCUT2D eigenvalue weighted by Crippen LogP contribution is -2.42. The number of rotatable bonds is 6. The van der Waals surface area contributed by atoms with E-state index in [1.165, 1.54) is 41.9 Å². The second-order valence-electron chi connectivity index (χ2n) is 7.39. The summed E-state index contributed by atoms with van der Waals surface area (Å²) in [6, 6.07) is 6.06. The topological polar surface area (TPSA) is 110 Å². The molecular formula is C20H18ClFN4O4S2. The van der Waals surface area contributed by atoms with Gasteiger partial charge in [-0.25, -0.2) is 22.8 Å². The lowest BCUT2D eigenvalue weighted by atomic mass is 9.97. The van der Waals surface area contributed by atoms with E-state index in [4.69, 9.17) is 16.3 Å². The Kier molecular flexibility index (Phi) is 5.93. The Bertz CT molecular complexity index is 1290. The van der Waals surface area contributed by atoms with Crippen LogP contribution < -0.4 is 10.0 Å². The van der Waals surface area contributed by atoms with E-state index in [1.54, 1.807) is 6.07 Å². The molecule has 32 heavy (non-hydrogen) atoms. The normalized spacial score (nSPS) is 15.1. The maximum Gasteiger partial charge on any atom is 0.265 e. The van der Waals surface area contributed by atoms with Crippen molar-refractivity contribution in [1.82, 2.24) is 9.97 Å². The molecular weight excluding hydrogens is 479 g/mol. The quantitative estimate of drug-likeness (QED) is 0.534. The second-order valence-corrected chi connectivity index (χ2v) is 10.8. The lowest BCUT2D eigenvalue weighted by Gasteiger charge is -2.33. The van der Waals surface area contributed by atoms with Crippen molar-refractivity contribution in [2.75, 3.05) is 29.5 Å². The molecule has 0 unspecified atom stereocenters. The molecule has 1 aliphatic heterocycles. The van der Waals surface area contributed by atoms with Crippen LogP contribution >= 0.6 is 22.9 Å². The molecule has 12 heteroatoms. The molecule has 0 bridgehead atoms. The third kappa shape index (κ3) is 4.90. The molecule has 168 valence electrons. The van der Waals surface area contributed by atoms with Crippen molar-refractivity contribution < 1.29 is 22.3 Å². The smallest absolute Gasteiger partial charge is 0.265 e. The van der Waals surface area contributed by atoms with Gasteiger partial charge in [0.05, 0.1) is 30.0 Å². The molecule has 1 saturated heterocycles. The first-order valence-electron chi connectivity index (χ1n) is 9.32. The number of carbonyl (C=O) groups is 1. The summed E-state index contributed by atoms with van der Waals surface area (Å²) in [4.78, 5) is 22.5. The Hall–Kier alpha value is -2.60. The largest absolute Gasteiger partial charge is 0.374 e. The zero-order valence-corrected chi connectivity index (χ0v) is 19.4. The Balaban J connectivity index is 1.53. The Morgan fingerprint density at radius 3 is 2.44 bits per heavy atom. The van der Waals surface area contributed by atoms with E-state index < -0.39 is 21.6 Å². The van der Waals surface area contributed by atoms with Gasteiger partial charge in [0.15, 0.2) is 11.5 Å². The van der Waals surface area contributed by atoms with Gasteiger partial charge in [0.25, 0.3) is 5.91 Å². The fourth-order valence-electron chi connectivity index (χ4n) is 3.09. The zero-order valence-electron chi connectivity index (χ0n) is 17.0. The van der Waals surface area contributed by atoms with Crippen LogP contribution in [0.15, 0.2) is 36.7 Å². The van der Waals surface area contributed by atoms with Gasteiger partial charge in [-0.15, -0.1) is 11.3 Å². The van der Waals surface area contributed by atoms with E-state index >= 15 is 0 Å². The number of anilines is 2. The minimum atomic E-state index is -3.50. The molecule has 3 aromatic rings. The third-order valence-electron chi connectivity index (χ3n) is 4.67. The summed E-state index contributed by atoms with van der Waals surface area (Å²) >= 11 is 7.29. The lowest BCUT2D eigenvalue weighted by molar-refractivity contribution is -0.135. The van der Waals surface area contributed by atoms with E-state index in [0.29, 0.717) is 27.5 Å². The summed E-state index contributed by atoms with van der Waals surface area (Å²) in [5.74, 6) is -0.0179. The second kappa shape index (κ2) is 8.39. The standard InChI is InChI=1S/C20H18ClFN4O4S2/c1-11-16(18-23-7-12(8-24-18)20(22)9-30-10-20)6-17(31-11)19(27)25-14-3-13(21)4-15(5-14)26-32(2,28)29/h3-8,26H,9-10H2,1-2H3,(H,25,27). The van der Waals surface area contributed by atoms with Gasteiger partial charge in [0.1, 0.15) is 0 Å². The van der Waals surface area contributed by atoms with Gasteiger partial charge in [-0.2, -0.15) is 0 Å². The van der Waals surface area contributed by atoms with Crippen molar-refractivity contribution in [2.45, 2.75) is 12.6 Å². The molecule has 1 fully saturated rings. The SMILES string of the molecule is Cc1sc(C(=O)Nc2cc(Cl)cc(NS(C)(=O)=O)c2)cc1-c1ncc(C2(F)COC2)cn1. The first kappa shape index (κ1) is 22.6. The van der Waals surface area contributed by atoms with Crippen molar-refractivity contribution in [3.05, 3.63) is 57.0 Å². The molecule has 1 aromatic carbocycles. The Morgan fingerprint density at radius 2 is 1.84 bits per heavy atom. The predicted molar refractivity (Wildman–Crippen MR) is 122 cm³/mol. The number of aromatic nitrogens is 2. The van der Waals surface area contributed by atoms with Gasteiger partial charge < -0.3 is 10.1 Å². The molecule has 0 saturated carbocycles. The highest BCUT2D eigenvalue weighted by atomic mass is 35.5. The zero-order chi connectivity index (χ0) is 23.1. The number of amides is 1.